The second-order valence-corrected chi connectivity index (χ2v) is 6.02. The van der Waals surface area contributed by atoms with Crippen LogP contribution >= 0.6 is 0 Å². The lowest BCUT2D eigenvalue weighted by atomic mass is 9.88. The minimum atomic E-state index is -3.23. The predicted molar refractivity (Wildman–Crippen MR) is 48.2 cm³/mol. The molecule has 2 atom stereocenters. The van der Waals surface area contributed by atoms with E-state index in [1.54, 1.807) is 6.07 Å². The molecular weight excluding hydrogens is 206 g/mol. The normalized spacial score (nSPS) is 32.4. The van der Waals surface area contributed by atoms with Crippen LogP contribution in [0.25, 0.3) is 0 Å². The van der Waals surface area contributed by atoms with Gasteiger partial charge in [-0.05, 0) is 19.3 Å². The molecule has 1 aliphatic carbocycles. The van der Waals surface area contributed by atoms with Crippen molar-refractivity contribution >= 4 is 15.8 Å². The molecule has 0 amide bonds. The van der Waals surface area contributed by atoms with Gasteiger partial charge >= 0.3 is 5.97 Å². The van der Waals surface area contributed by atoms with Gasteiger partial charge in [0.1, 0.15) is 9.84 Å². The number of nitriles is 1. The maximum Gasteiger partial charge on any atom is 0.324 e. The van der Waals surface area contributed by atoms with Gasteiger partial charge in [0.15, 0.2) is 5.41 Å². The van der Waals surface area contributed by atoms with Gasteiger partial charge in [0, 0.05) is 6.26 Å². The average Bonchev–Trinajstić information content (AvgIpc) is 2.47. The number of aliphatic carboxylic acids is 1. The minimum Gasteiger partial charge on any atom is -0.480 e. The highest BCUT2D eigenvalue weighted by Crippen LogP contribution is 2.40. The molecule has 1 fully saturated rings. The van der Waals surface area contributed by atoms with Crippen LogP contribution < -0.4 is 0 Å². The van der Waals surface area contributed by atoms with Gasteiger partial charge in [0.25, 0.3) is 0 Å². The molecule has 0 aromatic carbocycles. The molecule has 14 heavy (non-hydrogen) atoms. The van der Waals surface area contributed by atoms with Crippen molar-refractivity contribution in [1.29, 1.82) is 5.26 Å². The first-order chi connectivity index (χ1) is 6.32. The summed E-state index contributed by atoms with van der Waals surface area (Å²) in [5, 5.41) is 16.9. The number of sulfone groups is 1. The number of nitrogens with zero attached hydrogens (tertiary/aromatic N) is 1. The smallest absolute Gasteiger partial charge is 0.324 e. The van der Waals surface area contributed by atoms with E-state index in [-0.39, 0.29) is 19.3 Å². The van der Waals surface area contributed by atoms with E-state index in [9.17, 15) is 13.2 Å². The molecule has 0 aromatic rings. The summed E-state index contributed by atoms with van der Waals surface area (Å²) >= 11 is 0. The van der Waals surface area contributed by atoms with Crippen molar-refractivity contribution in [2.75, 3.05) is 6.26 Å². The van der Waals surface area contributed by atoms with Crippen LogP contribution in [0.3, 0.4) is 0 Å². The van der Waals surface area contributed by atoms with Gasteiger partial charge in [-0.2, -0.15) is 5.26 Å². The van der Waals surface area contributed by atoms with Gasteiger partial charge in [-0.25, -0.2) is 8.42 Å². The highest BCUT2D eigenvalue weighted by atomic mass is 32.2. The fourth-order valence-electron chi connectivity index (χ4n) is 1.71. The Bertz CT molecular complexity index is 394. The van der Waals surface area contributed by atoms with Crippen LogP contribution in [0.1, 0.15) is 19.3 Å². The maximum absolute atomic E-state index is 11.2. The Morgan fingerprint density at radius 3 is 2.43 bits per heavy atom. The minimum absolute atomic E-state index is 0.0856. The summed E-state index contributed by atoms with van der Waals surface area (Å²) in [6, 6.07) is 1.71. The number of rotatable bonds is 2. The second kappa shape index (κ2) is 3.24. The lowest BCUT2D eigenvalue weighted by Gasteiger charge is -2.13. The van der Waals surface area contributed by atoms with Crippen molar-refractivity contribution in [3.8, 4) is 6.07 Å². The van der Waals surface area contributed by atoms with Crippen molar-refractivity contribution in [3.63, 3.8) is 0 Å². The zero-order valence-corrected chi connectivity index (χ0v) is 8.54. The largest absolute Gasteiger partial charge is 0.480 e. The third-order valence-corrected chi connectivity index (χ3v) is 4.31. The van der Waals surface area contributed by atoms with Crippen LogP contribution in [0.15, 0.2) is 0 Å². The lowest BCUT2D eigenvalue weighted by molar-refractivity contribution is -0.145. The van der Waals surface area contributed by atoms with Gasteiger partial charge in [-0.3, -0.25) is 4.79 Å². The van der Waals surface area contributed by atoms with Crippen molar-refractivity contribution < 1.29 is 18.3 Å². The zero-order valence-electron chi connectivity index (χ0n) is 7.73. The van der Waals surface area contributed by atoms with Gasteiger partial charge in [0.2, 0.25) is 0 Å². The second-order valence-electron chi connectivity index (χ2n) is 3.69. The summed E-state index contributed by atoms with van der Waals surface area (Å²) in [6.45, 7) is 0. The fourth-order valence-corrected chi connectivity index (χ4v) is 2.84. The van der Waals surface area contributed by atoms with Crippen molar-refractivity contribution in [2.24, 2.45) is 5.41 Å². The zero-order chi connectivity index (χ0) is 11.0. The van der Waals surface area contributed by atoms with E-state index in [1.165, 1.54) is 0 Å². The quantitative estimate of drug-likeness (QED) is 0.711. The Labute approximate surface area is 82.3 Å². The van der Waals surface area contributed by atoms with Gasteiger partial charge in [-0.15, -0.1) is 0 Å². The molecule has 0 aliphatic heterocycles. The summed E-state index contributed by atoms with van der Waals surface area (Å²) in [4.78, 5) is 10.8. The van der Waals surface area contributed by atoms with E-state index in [4.69, 9.17) is 10.4 Å². The summed E-state index contributed by atoms with van der Waals surface area (Å²) in [6.07, 6.45) is 1.37. The SMILES string of the molecule is CS(=O)(=O)C1CCC(C#N)(C(=O)O)C1. The van der Waals surface area contributed by atoms with Crippen molar-refractivity contribution in [1.82, 2.24) is 0 Å². The molecule has 1 rings (SSSR count). The van der Waals surface area contributed by atoms with Crippen LogP contribution in [0.5, 0.6) is 0 Å². The van der Waals surface area contributed by atoms with Gasteiger partial charge in [-0.1, -0.05) is 0 Å². The Morgan fingerprint density at radius 2 is 2.21 bits per heavy atom. The van der Waals surface area contributed by atoms with Crippen LogP contribution in [0, 0.1) is 16.7 Å². The first-order valence-electron chi connectivity index (χ1n) is 4.15. The van der Waals surface area contributed by atoms with Crippen LogP contribution in [-0.4, -0.2) is 31.0 Å². The molecule has 2 unspecified atom stereocenters. The molecule has 1 saturated carbocycles. The Balaban J connectivity index is 2.94. The third kappa shape index (κ3) is 1.73. The van der Waals surface area contributed by atoms with E-state index in [0.717, 1.165) is 6.26 Å². The molecular formula is C8H11NO4S. The lowest BCUT2D eigenvalue weighted by Crippen LogP contribution is -2.28. The highest BCUT2D eigenvalue weighted by molar-refractivity contribution is 7.91. The Hall–Kier alpha value is -1.09. The molecule has 78 valence electrons. The van der Waals surface area contributed by atoms with Gasteiger partial charge < -0.3 is 5.11 Å². The van der Waals surface area contributed by atoms with E-state index in [1.807, 2.05) is 0 Å². The van der Waals surface area contributed by atoms with Gasteiger partial charge in [0.05, 0.1) is 11.3 Å². The first kappa shape index (κ1) is 11.0. The topological polar surface area (TPSA) is 95.2 Å². The monoisotopic (exact) mass is 217 g/mol. The number of hydrogen-bond donors (Lipinski definition) is 1. The molecule has 1 N–H and O–H groups in total. The first-order valence-corrected chi connectivity index (χ1v) is 6.11. The molecule has 0 bridgehead atoms. The molecule has 0 radical (unpaired) electrons. The standard InChI is InChI=1S/C8H11NO4S/c1-14(12,13)6-2-3-8(4-6,5-9)7(10)11/h6H,2-4H2,1H3,(H,10,11). The fraction of sp³-hybridized carbons (Fsp3) is 0.750. The molecule has 0 aromatic heterocycles. The van der Waals surface area contributed by atoms with Crippen LogP contribution in [0.4, 0.5) is 0 Å². The Morgan fingerprint density at radius 1 is 1.64 bits per heavy atom. The highest BCUT2D eigenvalue weighted by Gasteiger charge is 2.48. The summed E-state index contributed by atoms with van der Waals surface area (Å²) in [7, 11) is -3.23. The molecule has 5 nitrogen and oxygen atoms in total. The molecule has 0 heterocycles. The van der Waals surface area contributed by atoms with E-state index < -0.39 is 26.5 Å². The maximum atomic E-state index is 11.2. The summed E-state index contributed by atoms with van der Waals surface area (Å²) in [5.41, 5.74) is -1.49. The molecule has 0 spiro atoms. The molecule has 0 saturated heterocycles. The van der Waals surface area contributed by atoms with Crippen LogP contribution in [0.2, 0.25) is 0 Å². The number of carboxylic acids is 1. The van der Waals surface area contributed by atoms with E-state index in [2.05, 4.69) is 0 Å². The van der Waals surface area contributed by atoms with Crippen molar-refractivity contribution in [2.45, 2.75) is 24.5 Å². The van der Waals surface area contributed by atoms with E-state index >= 15 is 0 Å². The average molecular weight is 217 g/mol. The molecule has 1 aliphatic rings. The molecule has 6 heteroatoms. The van der Waals surface area contributed by atoms with Crippen LogP contribution in [-0.2, 0) is 14.6 Å². The number of hydrogen-bond acceptors (Lipinski definition) is 4. The van der Waals surface area contributed by atoms with Crippen molar-refractivity contribution in [3.05, 3.63) is 0 Å². The third-order valence-electron chi connectivity index (χ3n) is 2.70. The predicted octanol–water partition coefficient (Wildman–Crippen LogP) is 0.178. The van der Waals surface area contributed by atoms with E-state index in [0.29, 0.717) is 0 Å². The summed E-state index contributed by atoms with van der Waals surface area (Å²) in [5.74, 6) is -1.22. The number of carboxylic acid groups (broad SMARTS) is 1. The Kier molecular flexibility index (Phi) is 2.54. The number of carbonyl (C=O) groups is 1. The summed E-state index contributed by atoms with van der Waals surface area (Å²) < 4.78 is 22.3.